The summed E-state index contributed by atoms with van der Waals surface area (Å²) in [4.78, 5) is 15.6. The summed E-state index contributed by atoms with van der Waals surface area (Å²) in [6.45, 7) is 0. The first-order chi connectivity index (χ1) is 8.16. The quantitative estimate of drug-likeness (QED) is 0.542. The van der Waals surface area contributed by atoms with Gasteiger partial charge in [-0.3, -0.25) is 9.78 Å². The third kappa shape index (κ3) is 2.52. The Balaban J connectivity index is 2.19. The molecule has 1 aromatic heterocycles. The third-order valence-electron chi connectivity index (χ3n) is 2.13. The Morgan fingerprint density at radius 3 is 2.65 bits per heavy atom. The lowest BCUT2D eigenvalue weighted by Gasteiger charge is -2.06. The Morgan fingerprint density at radius 1 is 1.18 bits per heavy atom. The number of aromatic nitrogens is 1. The number of amides is 1. The minimum atomic E-state index is -0.424. The van der Waals surface area contributed by atoms with Crippen molar-refractivity contribution in [3.63, 3.8) is 0 Å². The monoisotopic (exact) mass is 230 g/mol. The van der Waals surface area contributed by atoms with Gasteiger partial charge in [0.1, 0.15) is 17.2 Å². The molecule has 5 heteroatoms. The van der Waals surface area contributed by atoms with E-state index in [1.807, 2.05) is 0 Å². The van der Waals surface area contributed by atoms with Gasteiger partial charge in [0.2, 0.25) is 0 Å². The van der Waals surface area contributed by atoms with Crippen molar-refractivity contribution in [2.75, 3.05) is 5.32 Å². The zero-order valence-electron chi connectivity index (χ0n) is 8.79. The highest BCUT2D eigenvalue weighted by molar-refractivity contribution is 6.03. The van der Waals surface area contributed by atoms with E-state index in [9.17, 15) is 9.90 Å². The zero-order chi connectivity index (χ0) is 12.3. The molecule has 0 saturated carbocycles. The van der Waals surface area contributed by atoms with Crippen molar-refractivity contribution in [2.24, 2.45) is 0 Å². The molecular weight excluding hydrogens is 220 g/mol. The Morgan fingerprint density at radius 2 is 2.00 bits per heavy atom. The van der Waals surface area contributed by atoms with Crippen LogP contribution in [0.3, 0.4) is 0 Å². The number of hydrogen-bond donors (Lipinski definition) is 3. The number of benzene rings is 1. The second kappa shape index (κ2) is 4.52. The molecule has 1 aromatic carbocycles. The molecule has 0 aliphatic heterocycles. The number of phenolic OH excluding ortho intramolecular Hbond substituents is 2. The molecule has 2 rings (SSSR count). The molecule has 0 aliphatic carbocycles. The smallest absolute Gasteiger partial charge is 0.274 e. The van der Waals surface area contributed by atoms with E-state index in [1.165, 1.54) is 18.3 Å². The highest BCUT2D eigenvalue weighted by Gasteiger charge is 2.09. The van der Waals surface area contributed by atoms with Gasteiger partial charge in [0.05, 0.1) is 5.69 Å². The van der Waals surface area contributed by atoms with Gasteiger partial charge in [0.15, 0.2) is 0 Å². The summed E-state index contributed by atoms with van der Waals surface area (Å²) in [7, 11) is 0. The number of pyridine rings is 1. The second-order valence-corrected chi connectivity index (χ2v) is 3.37. The maximum Gasteiger partial charge on any atom is 0.274 e. The van der Waals surface area contributed by atoms with Crippen LogP contribution in [0.25, 0.3) is 0 Å². The number of carbonyl (C=O) groups is 1. The Hall–Kier alpha value is -2.56. The molecule has 0 radical (unpaired) electrons. The van der Waals surface area contributed by atoms with Gasteiger partial charge < -0.3 is 15.5 Å². The fourth-order valence-electron chi connectivity index (χ4n) is 1.31. The number of carbonyl (C=O) groups excluding carboxylic acids is 1. The number of aromatic hydroxyl groups is 2. The Kier molecular flexibility index (Phi) is 2.91. The maximum absolute atomic E-state index is 11.7. The van der Waals surface area contributed by atoms with Crippen molar-refractivity contribution in [1.82, 2.24) is 4.98 Å². The Bertz CT molecular complexity index is 541. The van der Waals surface area contributed by atoms with Crippen molar-refractivity contribution < 1.29 is 15.0 Å². The van der Waals surface area contributed by atoms with Gasteiger partial charge in [-0.05, 0) is 24.3 Å². The summed E-state index contributed by atoms with van der Waals surface area (Å²) in [5, 5.41) is 21.1. The van der Waals surface area contributed by atoms with E-state index in [0.29, 0.717) is 0 Å². The van der Waals surface area contributed by atoms with E-state index >= 15 is 0 Å². The lowest BCUT2D eigenvalue weighted by Crippen LogP contribution is -2.13. The van der Waals surface area contributed by atoms with Crippen LogP contribution in [-0.2, 0) is 0 Å². The van der Waals surface area contributed by atoms with Crippen LogP contribution in [0.15, 0.2) is 42.6 Å². The van der Waals surface area contributed by atoms with Gasteiger partial charge in [0.25, 0.3) is 5.91 Å². The van der Waals surface area contributed by atoms with E-state index in [-0.39, 0.29) is 22.9 Å². The predicted octanol–water partition coefficient (Wildman–Crippen LogP) is 1.75. The van der Waals surface area contributed by atoms with Crippen molar-refractivity contribution in [1.29, 1.82) is 0 Å². The molecular formula is C12H10N2O3. The van der Waals surface area contributed by atoms with Crippen LogP contribution in [-0.4, -0.2) is 21.1 Å². The number of nitrogens with zero attached hydrogens (tertiary/aromatic N) is 1. The van der Waals surface area contributed by atoms with Gasteiger partial charge in [0, 0.05) is 12.3 Å². The van der Waals surface area contributed by atoms with Gasteiger partial charge in [-0.15, -0.1) is 0 Å². The minimum Gasteiger partial charge on any atom is -0.508 e. The number of hydrogen-bond acceptors (Lipinski definition) is 4. The van der Waals surface area contributed by atoms with E-state index in [4.69, 9.17) is 5.11 Å². The number of phenols is 2. The number of anilines is 1. The normalized spacial score (nSPS) is 9.88. The van der Waals surface area contributed by atoms with Crippen LogP contribution in [0.4, 0.5) is 5.69 Å². The van der Waals surface area contributed by atoms with Crippen LogP contribution >= 0.6 is 0 Å². The molecule has 0 saturated heterocycles. The second-order valence-electron chi connectivity index (χ2n) is 3.37. The van der Waals surface area contributed by atoms with E-state index in [2.05, 4.69) is 10.3 Å². The topological polar surface area (TPSA) is 82.5 Å². The molecule has 2 aromatic rings. The zero-order valence-corrected chi connectivity index (χ0v) is 8.79. The molecule has 0 atom stereocenters. The number of rotatable bonds is 2. The average molecular weight is 230 g/mol. The lowest BCUT2D eigenvalue weighted by molar-refractivity contribution is 0.102. The fourth-order valence-corrected chi connectivity index (χ4v) is 1.31. The summed E-state index contributed by atoms with van der Waals surface area (Å²) < 4.78 is 0. The van der Waals surface area contributed by atoms with Gasteiger partial charge >= 0.3 is 0 Å². The lowest BCUT2D eigenvalue weighted by atomic mass is 10.2. The summed E-state index contributed by atoms with van der Waals surface area (Å²) in [6.07, 6.45) is 1.51. The molecule has 86 valence electrons. The van der Waals surface area contributed by atoms with E-state index in [0.717, 1.165) is 6.07 Å². The fraction of sp³-hybridized carbons (Fsp3) is 0. The molecule has 0 bridgehead atoms. The van der Waals surface area contributed by atoms with Crippen LogP contribution in [0.1, 0.15) is 10.5 Å². The predicted molar refractivity (Wildman–Crippen MR) is 62.0 cm³/mol. The molecule has 0 fully saturated rings. The largest absolute Gasteiger partial charge is 0.508 e. The van der Waals surface area contributed by atoms with Gasteiger partial charge in [-0.2, -0.15) is 0 Å². The molecule has 3 N–H and O–H groups in total. The molecule has 17 heavy (non-hydrogen) atoms. The van der Waals surface area contributed by atoms with E-state index in [1.54, 1.807) is 18.2 Å². The first-order valence-electron chi connectivity index (χ1n) is 4.91. The van der Waals surface area contributed by atoms with Crippen LogP contribution in [0.2, 0.25) is 0 Å². The van der Waals surface area contributed by atoms with Crippen molar-refractivity contribution >= 4 is 11.6 Å². The van der Waals surface area contributed by atoms with Crippen molar-refractivity contribution in [2.45, 2.75) is 0 Å². The highest BCUT2D eigenvalue weighted by Crippen LogP contribution is 2.27. The summed E-state index contributed by atoms with van der Waals surface area (Å²) in [5.74, 6) is -0.695. The van der Waals surface area contributed by atoms with Gasteiger partial charge in [-0.1, -0.05) is 6.07 Å². The molecule has 5 nitrogen and oxygen atoms in total. The summed E-state index contributed by atoms with van der Waals surface area (Å²) in [5.41, 5.74) is 0.471. The molecule has 0 spiro atoms. The van der Waals surface area contributed by atoms with Crippen LogP contribution in [0, 0.1) is 0 Å². The molecule has 0 unspecified atom stereocenters. The first kappa shape index (κ1) is 10.9. The SMILES string of the molecule is O=C(Nc1ccc(O)cc1O)c1ccccn1. The van der Waals surface area contributed by atoms with Crippen LogP contribution < -0.4 is 5.32 Å². The standard InChI is InChI=1S/C12H10N2O3/c15-8-4-5-9(11(16)7-8)14-12(17)10-3-1-2-6-13-10/h1-7,15-16H,(H,14,17). The minimum absolute atomic E-state index is 0.0710. The molecule has 0 aliphatic rings. The highest BCUT2D eigenvalue weighted by atomic mass is 16.3. The summed E-state index contributed by atoms with van der Waals surface area (Å²) in [6, 6.07) is 8.88. The molecule has 1 amide bonds. The summed E-state index contributed by atoms with van der Waals surface area (Å²) >= 11 is 0. The average Bonchev–Trinajstić information content (AvgIpc) is 2.34. The van der Waals surface area contributed by atoms with Gasteiger partial charge in [-0.25, -0.2) is 0 Å². The maximum atomic E-state index is 11.7. The van der Waals surface area contributed by atoms with Crippen molar-refractivity contribution in [3.8, 4) is 11.5 Å². The first-order valence-corrected chi connectivity index (χ1v) is 4.91. The third-order valence-corrected chi connectivity index (χ3v) is 2.13. The number of nitrogens with one attached hydrogen (secondary N) is 1. The van der Waals surface area contributed by atoms with Crippen molar-refractivity contribution in [3.05, 3.63) is 48.3 Å². The molecule has 1 heterocycles. The Labute approximate surface area is 97.4 Å². The van der Waals surface area contributed by atoms with E-state index < -0.39 is 5.91 Å². The van der Waals surface area contributed by atoms with Crippen LogP contribution in [0.5, 0.6) is 11.5 Å².